The molecule has 5 nitrogen and oxygen atoms in total. The number of nitrogens with one attached hydrogen (secondary N) is 1. The minimum absolute atomic E-state index is 0.138. The number of hydrogen-bond acceptors (Lipinski definition) is 3. The number of amides is 2. The maximum absolute atomic E-state index is 12.0. The fourth-order valence-corrected chi connectivity index (χ4v) is 2.80. The molecular formula is C18H19N3O2. The third-order valence-electron chi connectivity index (χ3n) is 4.02. The van der Waals surface area contributed by atoms with Crippen molar-refractivity contribution in [1.29, 1.82) is 0 Å². The Labute approximate surface area is 135 Å². The van der Waals surface area contributed by atoms with Gasteiger partial charge in [0, 0.05) is 37.6 Å². The average molecular weight is 309 g/mol. The Morgan fingerprint density at radius 3 is 2.91 bits per heavy atom. The number of benzene rings is 1. The number of carbonyl (C=O) groups excluding carboxylic acids is 2. The van der Waals surface area contributed by atoms with Gasteiger partial charge in [-0.2, -0.15) is 0 Å². The second-order valence-electron chi connectivity index (χ2n) is 5.54. The molecule has 5 heteroatoms. The van der Waals surface area contributed by atoms with E-state index in [-0.39, 0.29) is 11.8 Å². The molecule has 2 aromatic rings. The van der Waals surface area contributed by atoms with E-state index in [2.05, 4.69) is 16.4 Å². The lowest BCUT2D eigenvalue weighted by Gasteiger charge is -2.16. The van der Waals surface area contributed by atoms with E-state index in [1.54, 1.807) is 24.5 Å². The maximum Gasteiger partial charge on any atom is 0.253 e. The van der Waals surface area contributed by atoms with Crippen LogP contribution in [0.1, 0.15) is 34.8 Å². The highest BCUT2D eigenvalue weighted by Crippen LogP contribution is 2.29. The fraction of sp³-hybridized carbons (Fsp3) is 0.278. The molecule has 0 fully saturated rings. The van der Waals surface area contributed by atoms with Gasteiger partial charge in [0.25, 0.3) is 5.91 Å². The van der Waals surface area contributed by atoms with Gasteiger partial charge in [0.1, 0.15) is 0 Å². The second kappa shape index (κ2) is 6.60. The molecule has 0 spiro atoms. The number of hydrogen-bond donors (Lipinski definition) is 1. The molecule has 1 aromatic heterocycles. The van der Waals surface area contributed by atoms with Gasteiger partial charge in [0.15, 0.2) is 0 Å². The quantitative estimate of drug-likeness (QED) is 0.942. The van der Waals surface area contributed by atoms with E-state index in [4.69, 9.17) is 0 Å². The van der Waals surface area contributed by atoms with E-state index in [0.717, 1.165) is 24.2 Å². The highest BCUT2D eigenvalue weighted by atomic mass is 16.2. The highest BCUT2D eigenvalue weighted by molar-refractivity contribution is 5.95. The SMILES string of the molecule is CCC(=O)N1CCc2cc(CNC(=O)c3cccnc3)ccc21. The smallest absolute Gasteiger partial charge is 0.253 e. The zero-order valence-corrected chi connectivity index (χ0v) is 13.1. The Bertz CT molecular complexity index is 728. The van der Waals surface area contributed by atoms with Gasteiger partial charge < -0.3 is 10.2 Å². The van der Waals surface area contributed by atoms with Crippen molar-refractivity contribution in [2.45, 2.75) is 26.3 Å². The first-order chi connectivity index (χ1) is 11.2. The van der Waals surface area contributed by atoms with Crippen molar-refractivity contribution in [1.82, 2.24) is 10.3 Å². The summed E-state index contributed by atoms with van der Waals surface area (Å²) in [6.07, 6.45) is 4.57. The molecule has 23 heavy (non-hydrogen) atoms. The van der Waals surface area contributed by atoms with Crippen molar-refractivity contribution in [3.05, 3.63) is 59.4 Å². The molecule has 1 aliphatic rings. The topological polar surface area (TPSA) is 62.3 Å². The molecule has 2 amide bonds. The van der Waals surface area contributed by atoms with Gasteiger partial charge in [0.05, 0.1) is 5.56 Å². The molecule has 0 saturated heterocycles. The predicted octanol–water partition coefficient (Wildman–Crippen LogP) is 2.31. The monoisotopic (exact) mass is 309 g/mol. The first-order valence-corrected chi connectivity index (χ1v) is 7.79. The minimum Gasteiger partial charge on any atom is -0.348 e. The third kappa shape index (κ3) is 3.23. The molecule has 2 heterocycles. The van der Waals surface area contributed by atoms with Crippen molar-refractivity contribution < 1.29 is 9.59 Å². The summed E-state index contributed by atoms with van der Waals surface area (Å²) in [5, 5.41) is 2.89. The van der Waals surface area contributed by atoms with Crippen LogP contribution in [0.5, 0.6) is 0 Å². The maximum atomic E-state index is 12.0. The van der Waals surface area contributed by atoms with E-state index in [9.17, 15) is 9.59 Å². The van der Waals surface area contributed by atoms with Crippen LogP contribution in [0.2, 0.25) is 0 Å². The van der Waals surface area contributed by atoms with Gasteiger partial charge >= 0.3 is 0 Å². The second-order valence-corrected chi connectivity index (χ2v) is 5.54. The van der Waals surface area contributed by atoms with Crippen molar-refractivity contribution in [2.75, 3.05) is 11.4 Å². The lowest BCUT2D eigenvalue weighted by molar-refractivity contribution is -0.118. The highest BCUT2D eigenvalue weighted by Gasteiger charge is 2.23. The number of carbonyl (C=O) groups is 2. The van der Waals surface area contributed by atoms with Gasteiger partial charge in [-0.3, -0.25) is 14.6 Å². The van der Waals surface area contributed by atoms with Gasteiger partial charge in [-0.25, -0.2) is 0 Å². The Hall–Kier alpha value is -2.69. The first-order valence-electron chi connectivity index (χ1n) is 7.79. The fourth-order valence-electron chi connectivity index (χ4n) is 2.80. The van der Waals surface area contributed by atoms with E-state index in [1.807, 2.05) is 24.0 Å². The van der Waals surface area contributed by atoms with Crippen LogP contribution in [-0.4, -0.2) is 23.3 Å². The van der Waals surface area contributed by atoms with Crippen molar-refractivity contribution in [3.8, 4) is 0 Å². The normalized spacial score (nSPS) is 12.8. The number of nitrogens with zero attached hydrogens (tertiary/aromatic N) is 2. The third-order valence-corrected chi connectivity index (χ3v) is 4.02. The predicted molar refractivity (Wildman–Crippen MR) is 88.2 cm³/mol. The van der Waals surface area contributed by atoms with Crippen LogP contribution in [0.25, 0.3) is 0 Å². The summed E-state index contributed by atoms with van der Waals surface area (Å²) < 4.78 is 0. The van der Waals surface area contributed by atoms with Crippen LogP contribution >= 0.6 is 0 Å². The van der Waals surface area contributed by atoms with Gasteiger partial charge in [0.2, 0.25) is 5.91 Å². The Morgan fingerprint density at radius 2 is 2.17 bits per heavy atom. The molecule has 3 rings (SSSR count). The summed E-state index contributed by atoms with van der Waals surface area (Å²) in [5.74, 6) is 0.0165. The lowest BCUT2D eigenvalue weighted by atomic mass is 10.1. The molecule has 0 radical (unpaired) electrons. The molecule has 1 N–H and O–H groups in total. The van der Waals surface area contributed by atoms with Gasteiger partial charge in [-0.15, -0.1) is 0 Å². The van der Waals surface area contributed by atoms with Crippen molar-refractivity contribution >= 4 is 17.5 Å². The largest absolute Gasteiger partial charge is 0.348 e. The summed E-state index contributed by atoms with van der Waals surface area (Å²) in [5.41, 5.74) is 3.75. The zero-order valence-electron chi connectivity index (χ0n) is 13.1. The van der Waals surface area contributed by atoms with Crippen LogP contribution < -0.4 is 10.2 Å². The molecule has 0 atom stereocenters. The van der Waals surface area contributed by atoms with Crippen molar-refractivity contribution in [2.24, 2.45) is 0 Å². The van der Waals surface area contributed by atoms with Crippen LogP contribution in [0.3, 0.4) is 0 Å². The molecule has 118 valence electrons. The molecule has 0 unspecified atom stereocenters. The average Bonchev–Trinajstić information content (AvgIpc) is 3.03. The van der Waals surface area contributed by atoms with Gasteiger partial charge in [-0.1, -0.05) is 19.1 Å². The number of anilines is 1. The Morgan fingerprint density at radius 1 is 1.30 bits per heavy atom. The molecule has 0 bridgehead atoms. The van der Waals surface area contributed by atoms with Crippen LogP contribution in [-0.2, 0) is 17.8 Å². The van der Waals surface area contributed by atoms with Crippen LogP contribution in [0.15, 0.2) is 42.7 Å². The number of fused-ring (bicyclic) bond motifs is 1. The van der Waals surface area contributed by atoms with Crippen molar-refractivity contribution in [3.63, 3.8) is 0 Å². The van der Waals surface area contributed by atoms with E-state index < -0.39 is 0 Å². The molecule has 0 saturated carbocycles. The summed E-state index contributed by atoms with van der Waals surface area (Å²) in [6.45, 7) is 3.08. The summed E-state index contributed by atoms with van der Waals surface area (Å²) in [4.78, 5) is 29.7. The minimum atomic E-state index is -0.138. The van der Waals surface area contributed by atoms with Crippen LogP contribution in [0, 0.1) is 0 Å². The number of pyridine rings is 1. The summed E-state index contributed by atoms with van der Waals surface area (Å²) in [6, 6.07) is 9.48. The molecule has 1 aliphatic heterocycles. The van der Waals surface area contributed by atoms with E-state index >= 15 is 0 Å². The zero-order chi connectivity index (χ0) is 16.2. The Balaban J connectivity index is 1.67. The standard InChI is InChI=1S/C18H19N3O2/c1-2-17(22)21-9-7-14-10-13(5-6-16(14)21)11-20-18(23)15-4-3-8-19-12-15/h3-6,8,10,12H,2,7,9,11H2,1H3,(H,20,23). The Kier molecular flexibility index (Phi) is 4.37. The van der Waals surface area contributed by atoms with E-state index in [0.29, 0.717) is 18.5 Å². The molecule has 0 aliphatic carbocycles. The summed E-state index contributed by atoms with van der Waals surface area (Å²) in [7, 11) is 0. The first kappa shape index (κ1) is 15.2. The molecular weight excluding hydrogens is 290 g/mol. The van der Waals surface area contributed by atoms with Gasteiger partial charge in [-0.05, 0) is 35.7 Å². The lowest BCUT2D eigenvalue weighted by Crippen LogP contribution is -2.27. The number of aromatic nitrogens is 1. The van der Waals surface area contributed by atoms with Crippen LogP contribution in [0.4, 0.5) is 5.69 Å². The molecule has 1 aromatic carbocycles. The summed E-state index contributed by atoms with van der Waals surface area (Å²) >= 11 is 0. The van der Waals surface area contributed by atoms with E-state index in [1.165, 1.54) is 5.56 Å². The number of rotatable bonds is 4.